The smallest absolute Gasteiger partial charge is 0.383 e. The molecule has 0 fully saturated rings. The van der Waals surface area contributed by atoms with Gasteiger partial charge in [-0.2, -0.15) is 18.6 Å². The fourth-order valence-corrected chi connectivity index (χ4v) is 3.11. The molecule has 31 heavy (non-hydrogen) atoms. The van der Waals surface area contributed by atoms with Gasteiger partial charge in [0.25, 0.3) is 0 Å². The molecule has 0 saturated carbocycles. The van der Waals surface area contributed by atoms with Gasteiger partial charge in [-0.15, -0.1) is 5.10 Å². The zero-order valence-electron chi connectivity index (χ0n) is 17.1. The Hall–Kier alpha value is -2.78. The standard InChI is InChI=1S/C21H21ClF2N4O2S/c1-13(2)15-5-7-17(8-6-15)30-12-16-10-14(4-9-18(16)29-3)11-25-28-19(21(22,23)24)26-27-20(28)31/h4-11,13H,12H2,1-3H3,(H,27,31)/b25-11+. The lowest BCUT2D eigenvalue weighted by molar-refractivity contribution is 0.0805. The van der Waals surface area contributed by atoms with Crippen molar-refractivity contribution < 1.29 is 18.3 Å². The first kappa shape index (κ1) is 22.9. The topological polar surface area (TPSA) is 64.4 Å². The van der Waals surface area contributed by atoms with Crippen LogP contribution < -0.4 is 9.47 Å². The summed E-state index contributed by atoms with van der Waals surface area (Å²) in [5.41, 5.74) is 2.61. The number of nitrogens with zero attached hydrogens (tertiary/aromatic N) is 3. The molecule has 0 spiro atoms. The number of benzene rings is 2. The lowest BCUT2D eigenvalue weighted by Gasteiger charge is -2.12. The number of aromatic amines is 1. The van der Waals surface area contributed by atoms with E-state index in [4.69, 9.17) is 33.3 Å². The number of halogens is 3. The minimum atomic E-state index is -3.71. The van der Waals surface area contributed by atoms with Crippen molar-refractivity contribution in [2.45, 2.75) is 31.8 Å². The summed E-state index contributed by atoms with van der Waals surface area (Å²) in [5, 5.41) is 5.97. The first-order valence-corrected chi connectivity index (χ1v) is 10.2. The van der Waals surface area contributed by atoms with Crippen molar-refractivity contribution in [2.24, 2.45) is 5.10 Å². The highest BCUT2D eigenvalue weighted by Gasteiger charge is 2.35. The average molecular weight is 467 g/mol. The van der Waals surface area contributed by atoms with Crippen molar-refractivity contribution >= 4 is 30.0 Å². The molecule has 0 saturated heterocycles. The van der Waals surface area contributed by atoms with Crippen molar-refractivity contribution in [3.63, 3.8) is 0 Å². The summed E-state index contributed by atoms with van der Waals surface area (Å²) in [7, 11) is 1.56. The van der Waals surface area contributed by atoms with Gasteiger partial charge in [0.05, 0.1) is 13.3 Å². The monoisotopic (exact) mass is 466 g/mol. The van der Waals surface area contributed by atoms with Crippen LogP contribution in [0.5, 0.6) is 11.5 Å². The maximum absolute atomic E-state index is 13.5. The molecule has 164 valence electrons. The molecular formula is C21H21ClF2N4O2S. The summed E-state index contributed by atoms with van der Waals surface area (Å²) >= 11 is 10.0. The van der Waals surface area contributed by atoms with Gasteiger partial charge in [0, 0.05) is 5.56 Å². The first-order chi connectivity index (χ1) is 14.7. The molecule has 10 heteroatoms. The second-order valence-corrected chi connectivity index (χ2v) is 7.85. The lowest BCUT2D eigenvalue weighted by Crippen LogP contribution is -2.11. The van der Waals surface area contributed by atoms with Crippen LogP contribution in [-0.2, 0) is 12.0 Å². The van der Waals surface area contributed by atoms with E-state index >= 15 is 0 Å². The lowest BCUT2D eigenvalue weighted by atomic mass is 10.0. The molecule has 0 atom stereocenters. The van der Waals surface area contributed by atoms with E-state index < -0.39 is 11.2 Å². The normalized spacial score (nSPS) is 12.0. The third-order valence-corrected chi connectivity index (χ3v) is 4.91. The number of hydrogen-bond acceptors (Lipinski definition) is 5. The molecule has 0 amide bonds. The Bertz CT molecular complexity index is 1120. The summed E-state index contributed by atoms with van der Waals surface area (Å²) in [6.07, 6.45) is 1.37. The van der Waals surface area contributed by atoms with Crippen LogP contribution in [0.2, 0.25) is 0 Å². The third kappa shape index (κ3) is 5.68. The summed E-state index contributed by atoms with van der Waals surface area (Å²) in [5.74, 6) is 0.999. The highest BCUT2D eigenvalue weighted by Crippen LogP contribution is 2.30. The second-order valence-electron chi connectivity index (χ2n) is 6.99. The van der Waals surface area contributed by atoms with Gasteiger partial charge in [0.15, 0.2) is 0 Å². The SMILES string of the molecule is COc1ccc(/C=N/n2c(C(F)(F)Cl)n[nH]c2=S)cc1COc1ccc(C(C)C)cc1. The van der Waals surface area contributed by atoms with Crippen LogP contribution in [0.4, 0.5) is 8.78 Å². The summed E-state index contributed by atoms with van der Waals surface area (Å²) in [6, 6.07) is 13.1. The van der Waals surface area contributed by atoms with E-state index in [-0.39, 0.29) is 11.4 Å². The number of ether oxygens (including phenoxy) is 2. The van der Waals surface area contributed by atoms with Gasteiger partial charge in [0.1, 0.15) is 18.1 Å². The minimum Gasteiger partial charge on any atom is -0.496 e. The Kier molecular flexibility index (Phi) is 7.07. The molecule has 3 aromatic rings. The number of H-pyrrole nitrogens is 1. The summed E-state index contributed by atoms with van der Waals surface area (Å²) in [6.45, 7) is 4.51. The van der Waals surface area contributed by atoms with Crippen LogP contribution in [0.3, 0.4) is 0 Å². The van der Waals surface area contributed by atoms with Crippen molar-refractivity contribution in [1.82, 2.24) is 14.9 Å². The third-order valence-electron chi connectivity index (χ3n) is 4.47. The maximum Gasteiger partial charge on any atom is 0.383 e. The van der Waals surface area contributed by atoms with Gasteiger partial charge in [-0.25, -0.2) is 5.10 Å². The molecule has 0 aliphatic heterocycles. The molecule has 0 bridgehead atoms. The molecule has 1 N–H and O–H groups in total. The molecular weight excluding hydrogens is 446 g/mol. The van der Waals surface area contributed by atoms with E-state index in [9.17, 15) is 8.78 Å². The van der Waals surface area contributed by atoms with Crippen LogP contribution in [0.25, 0.3) is 0 Å². The summed E-state index contributed by atoms with van der Waals surface area (Å²) < 4.78 is 38.9. The number of nitrogens with one attached hydrogen (secondary N) is 1. The van der Waals surface area contributed by atoms with Crippen LogP contribution in [0.15, 0.2) is 47.6 Å². The fraction of sp³-hybridized carbons (Fsp3) is 0.286. The number of alkyl halides is 3. The highest BCUT2D eigenvalue weighted by molar-refractivity contribution is 7.71. The Balaban J connectivity index is 1.80. The molecule has 0 radical (unpaired) electrons. The van der Waals surface area contributed by atoms with Gasteiger partial charge in [0.2, 0.25) is 10.6 Å². The zero-order valence-corrected chi connectivity index (χ0v) is 18.7. The van der Waals surface area contributed by atoms with Crippen LogP contribution in [-0.4, -0.2) is 28.2 Å². The molecule has 6 nitrogen and oxygen atoms in total. The molecule has 1 heterocycles. The zero-order chi connectivity index (χ0) is 22.6. The van der Waals surface area contributed by atoms with E-state index in [0.717, 1.165) is 16.0 Å². The number of hydrogen-bond donors (Lipinski definition) is 1. The molecule has 0 unspecified atom stereocenters. The number of aromatic nitrogens is 3. The minimum absolute atomic E-state index is 0.103. The fourth-order valence-electron chi connectivity index (χ4n) is 2.81. The second kappa shape index (κ2) is 9.57. The molecule has 1 aromatic heterocycles. The number of rotatable bonds is 8. The van der Waals surface area contributed by atoms with Gasteiger partial charge >= 0.3 is 5.38 Å². The largest absolute Gasteiger partial charge is 0.496 e. The molecule has 0 aliphatic carbocycles. The molecule has 0 aliphatic rings. The van der Waals surface area contributed by atoms with Crippen LogP contribution in [0.1, 0.15) is 42.3 Å². The van der Waals surface area contributed by atoms with E-state index in [1.807, 2.05) is 24.3 Å². The van der Waals surface area contributed by atoms with Gasteiger partial charge in [-0.3, -0.25) is 0 Å². The molecule has 2 aromatic carbocycles. The Labute approximate surface area is 188 Å². The molecule has 3 rings (SSSR count). The van der Waals surface area contributed by atoms with Crippen molar-refractivity contribution in [1.29, 1.82) is 0 Å². The van der Waals surface area contributed by atoms with E-state index in [0.29, 0.717) is 17.2 Å². The van der Waals surface area contributed by atoms with Gasteiger partial charge < -0.3 is 9.47 Å². The predicted octanol–water partition coefficient (Wildman–Crippen LogP) is 5.82. The van der Waals surface area contributed by atoms with Crippen molar-refractivity contribution in [3.8, 4) is 11.5 Å². The van der Waals surface area contributed by atoms with Crippen molar-refractivity contribution in [2.75, 3.05) is 7.11 Å². The first-order valence-electron chi connectivity index (χ1n) is 9.37. The quantitative estimate of drug-likeness (QED) is 0.258. The van der Waals surface area contributed by atoms with E-state index in [1.54, 1.807) is 25.3 Å². The number of methoxy groups -OCH3 is 1. The Morgan fingerprint density at radius 3 is 2.58 bits per heavy atom. The Morgan fingerprint density at radius 1 is 1.26 bits per heavy atom. The Morgan fingerprint density at radius 2 is 1.97 bits per heavy atom. The predicted molar refractivity (Wildman–Crippen MR) is 118 cm³/mol. The van der Waals surface area contributed by atoms with Crippen LogP contribution in [0, 0.1) is 4.77 Å². The summed E-state index contributed by atoms with van der Waals surface area (Å²) in [4.78, 5) is 0. The average Bonchev–Trinajstić information content (AvgIpc) is 3.12. The highest BCUT2D eigenvalue weighted by atomic mass is 35.5. The van der Waals surface area contributed by atoms with Gasteiger partial charge in [-0.1, -0.05) is 26.0 Å². The van der Waals surface area contributed by atoms with Crippen molar-refractivity contribution in [3.05, 3.63) is 69.8 Å². The van der Waals surface area contributed by atoms with Crippen LogP contribution >= 0.6 is 23.8 Å². The van der Waals surface area contributed by atoms with Gasteiger partial charge in [-0.05, 0) is 71.2 Å². The van der Waals surface area contributed by atoms with E-state index in [2.05, 4.69) is 29.1 Å². The van der Waals surface area contributed by atoms with E-state index in [1.165, 1.54) is 11.8 Å². The maximum atomic E-state index is 13.5.